The molecule has 0 N–H and O–H groups in total. The zero-order chi connectivity index (χ0) is 19.8. The van der Waals surface area contributed by atoms with Crippen LogP contribution in [0.4, 0.5) is 4.39 Å². The van der Waals surface area contributed by atoms with Gasteiger partial charge in [0, 0.05) is 37.1 Å². The first-order valence-corrected chi connectivity index (χ1v) is 10.7. The maximum Gasteiger partial charge on any atom is 0.187 e. The highest BCUT2D eigenvalue weighted by Gasteiger charge is 2.31. The van der Waals surface area contributed by atoms with E-state index in [2.05, 4.69) is 19.1 Å². The maximum atomic E-state index is 13.5. The van der Waals surface area contributed by atoms with Gasteiger partial charge < -0.3 is 9.13 Å². The lowest BCUT2D eigenvalue weighted by Crippen LogP contribution is -2.13. The number of rotatable bonds is 5. The number of aryl methyl sites for hydroxylation is 1. The summed E-state index contributed by atoms with van der Waals surface area (Å²) < 4.78 is 17.9. The predicted molar refractivity (Wildman–Crippen MR) is 110 cm³/mol. The van der Waals surface area contributed by atoms with Gasteiger partial charge in [-0.3, -0.25) is 0 Å². The van der Waals surface area contributed by atoms with E-state index in [0.717, 1.165) is 47.9 Å². The van der Waals surface area contributed by atoms with Crippen molar-refractivity contribution >= 4 is 11.8 Å². The first-order chi connectivity index (χ1) is 14.2. The third-order valence-corrected chi connectivity index (χ3v) is 5.77. The molecule has 4 aromatic rings. The summed E-state index contributed by atoms with van der Waals surface area (Å²) in [5.74, 6) is 0.778. The molecule has 4 heterocycles. The van der Waals surface area contributed by atoms with Gasteiger partial charge in [0.25, 0.3) is 0 Å². The molecule has 0 saturated carbocycles. The Bertz CT molecular complexity index is 1140. The van der Waals surface area contributed by atoms with Gasteiger partial charge >= 0.3 is 0 Å². The van der Waals surface area contributed by atoms with Crippen molar-refractivity contribution < 1.29 is 4.39 Å². The molecule has 0 aliphatic carbocycles. The van der Waals surface area contributed by atoms with Crippen LogP contribution in [0.5, 0.6) is 0 Å². The molecule has 0 saturated heterocycles. The second-order valence-electron chi connectivity index (χ2n) is 6.98. The minimum atomic E-state index is -0.258. The molecule has 29 heavy (non-hydrogen) atoms. The largest absolute Gasteiger partial charge is 0.335 e. The van der Waals surface area contributed by atoms with Crippen molar-refractivity contribution in [2.45, 2.75) is 30.6 Å². The molecule has 1 unspecified atom stereocenters. The molecule has 6 nitrogen and oxygen atoms in total. The van der Waals surface area contributed by atoms with Crippen molar-refractivity contribution in [2.24, 2.45) is 0 Å². The van der Waals surface area contributed by atoms with Gasteiger partial charge in [-0.15, -0.1) is 0 Å². The number of nitrogens with zero attached hydrogens (tertiary/aromatic N) is 6. The number of hydrogen-bond acceptors (Lipinski definition) is 5. The molecule has 0 bridgehead atoms. The first-order valence-electron chi connectivity index (χ1n) is 9.43. The van der Waals surface area contributed by atoms with E-state index in [9.17, 15) is 4.39 Å². The van der Waals surface area contributed by atoms with E-state index in [-0.39, 0.29) is 11.9 Å². The summed E-state index contributed by atoms with van der Waals surface area (Å²) in [7, 11) is 0. The van der Waals surface area contributed by atoms with Gasteiger partial charge in [0.05, 0.1) is 29.5 Å². The SMILES string of the molecule is CSc1nccc(-c2c(-c3ccc(F)cc3)nc3n2C(Cn2ccnc2)CC3)n1. The van der Waals surface area contributed by atoms with Crippen LogP contribution in [0.3, 0.4) is 0 Å². The Kier molecular flexibility index (Phi) is 4.63. The summed E-state index contributed by atoms with van der Waals surface area (Å²) >= 11 is 1.51. The molecule has 5 rings (SSSR count). The lowest BCUT2D eigenvalue weighted by molar-refractivity contribution is 0.451. The van der Waals surface area contributed by atoms with Crippen LogP contribution in [-0.4, -0.2) is 35.3 Å². The highest BCUT2D eigenvalue weighted by molar-refractivity contribution is 7.98. The standard InChI is InChI=1S/C21H19FN6S/c1-29-21-24-9-8-17(25-21)20-19(14-2-4-15(22)5-3-14)26-18-7-6-16(28(18)20)12-27-11-10-23-13-27/h2-5,8-11,13,16H,6-7,12H2,1H3. The highest BCUT2D eigenvalue weighted by Crippen LogP contribution is 2.39. The molecule has 0 amide bonds. The van der Waals surface area contributed by atoms with E-state index < -0.39 is 0 Å². The molecule has 1 atom stereocenters. The monoisotopic (exact) mass is 406 g/mol. The molecule has 1 aromatic carbocycles. The average Bonchev–Trinajstić information content (AvgIpc) is 3.47. The molecular formula is C21H19FN6S. The van der Waals surface area contributed by atoms with Crippen molar-refractivity contribution in [3.05, 3.63) is 66.9 Å². The average molecular weight is 406 g/mol. The first kappa shape index (κ1) is 18.1. The molecular weight excluding hydrogens is 387 g/mol. The second kappa shape index (κ2) is 7.44. The summed E-state index contributed by atoms with van der Waals surface area (Å²) in [6.07, 6.45) is 11.3. The van der Waals surface area contributed by atoms with E-state index in [1.54, 1.807) is 24.5 Å². The van der Waals surface area contributed by atoms with Gasteiger partial charge in [-0.2, -0.15) is 0 Å². The van der Waals surface area contributed by atoms with Crippen molar-refractivity contribution in [3.8, 4) is 22.6 Å². The number of thioether (sulfide) groups is 1. The fourth-order valence-corrected chi connectivity index (χ4v) is 4.27. The molecule has 1 aliphatic heterocycles. The zero-order valence-corrected chi connectivity index (χ0v) is 16.7. The van der Waals surface area contributed by atoms with Crippen LogP contribution in [0.1, 0.15) is 18.3 Å². The Labute approximate surface area is 171 Å². The molecule has 3 aromatic heterocycles. The van der Waals surface area contributed by atoms with Crippen LogP contribution in [-0.2, 0) is 13.0 Å². The van der Waals surface area contributed by atoms with E-state index in [1.807, 2.05) is 24.8 Å². The van der Waals surface area contributed by atoms with Crippen molar-refractivity contribution in [3.63, 3.8) is 0 Å². The van der Waals surface area contributed by atoms with Crippen molar-refractivity contribution in [1.29, 1.82) is 0 Å². The number of hydrogen-bond donors (Lipinski definition) is 0. The van der Waals surface area contributed by atoms with E-state index in [0.29, 0.717) is 5.16 Å². The number of benzene rings is 1. The van der Waals surface area contributed by atoms with Gasteiger partial charge in [-0.1, -0.05) is 11.8 Å². The zero-order valence-electron chi connectivity index (χ0n) is 15.9. The van der Waals surface area contributed by atoms with Crippen LogP contribution in [0.15, 0.2) is 60.4 Å². The van der Waals surface area contributed by atoms with E-state index in [4.69, 9.17) is 9.97 Å². The summed E-state index contributed by atoms with van der Waals surface area (Å²) in [6.45, 7) is 0.819. The van der Waals surface area contributed by atoms with Crippen molar-refractivity contribution in [2.75, 3.05) is 6.26 Å². The molecule has 8 heteroatoms. The Balaban J connectivity index is 1.67. The summed E-state index contributed by atoms with van der Waals surface area (Å²) in [4.78, 5) is 18.2. The fourth-order valence-electron chi connectivity index (χ4n) is 3.91. The third kappa shape index (κ3) is 3.33. The van der Waals surface area contributed by atoms with Gasteiger partial charge in [0.15, 0.2) is 5.16 Å². The van der Waals surface area contributed by atoms with Gasteiger partial charge in [-0.25, -0.2) is 24.3 Å². The summed E-state index contributed by atoms with van der Waals surface area (Å²) in [5, 5.41) is 0.715. The van der Waals surface area contributed by atoms with Gasteiger partial charge in [0.2, 0.25) is 0 Å². The molecule has 0 radical (unpaired) electrons. The van der Waals surface area contributed by atoms with E-state index in [1.165, 1.54) is 23.9 Å². The lowest BCUT2D eigenvalue weighted by Gasteiger charge is -2.18. The normalized spacial score (nSPS) is 15.6. The third-order valence-electron chi connectivity index (χ3n) is 5.21. The van der Waals surface area contributed by atoms with Crippen LogP contribution >= 0.6 is 11.8 Å². The van der Waals surface area contributed by atoms with Gasteiger partial charge in [0.1, 0.15) is 11.6 Å². The van der Waals surface area contributed by atoms with Crippen molar-refractivity contribution in [1.82, 2.24) is 29.1 Å². The molecule has 1 aliphatic rings. The number of imidazole rings is 2. The van der Waals surface area contributed by atoms with Crippen LogP contribution in [0, 0.1) is 5.82 Å². The Hall–Kier alpha value is -3.00. The molecule has 0 spiro atoms. The Morgan fingerprint density at radius 1 is 1.14 bits per heavy atom. The number of halogens is 1. The lowest BCUT2D eigenvalue weighted by atomic mass is 10.1. The highest BCUT2D eigenvalue weighted by atomic mass is 32.2. The predicted octanol–water partition coefficient (Wildman–Crippen LogP) is 4.25. The van der Waals surface area contributed by atoms with Crippen LogP contribution in [0.2, 0.25) is 0 Å². The van der Waals surface area contributed by atoms with Crippen LogP contribution < -0.4 is 0 Å². The Morgan fingerprint density at radius 2 is 2.00 bits per heavy atom. The number of aromatic nitrogens is 6. The van der Waals surface area contributed by atoms with Gasteiger partial charge in [-0.05, 0) is 43.0 Å². The topological polar surface area (TPSA) is 61.4 Å². The minimum Gasteiger partial charge on any atom is -0.335 e. The smallest absolute Gasteiger partial charge is 0.187 e. The van der Waals surface area contributed by atoms with Crippen LogP contribution in [0.25, 0.3) is 22.6 Å². The molecule has 0 fully saturated rings. The maximum absolute atomic E-state index is 13.5. The summed E-state index contributed by atoms with van der Waals surface area (Å²) in [6, 6.07) is 8.67. The summed E-state index contributed by atoms with van der Waals surface area (Å²) in [5.41, 5.74) is 3.52. The minimum absolute atomic E-state index is 0.253. The second-order valence-corrected chi connectivity index (χ2v) is 7.76. The fraction of sp³-hybridized carbons (Fsp3) is 0.238. The number of fused-ring (bicyclic) bond motifs is 1. The Morgan fingerprint density at radius 3 is 2.76 bits per heavy atom. The molecule has 146 valence electrons. The van der Waals surface area contributed by atoms with E-state index >= 15 is 0 Å². The quantitative estimate of drug-likeness (QED) is 0.366.